The zero-order valence-electron chi connectivity index (χ0n) is 9.06. The van der Waals surface area contributed by atoms with Crippen LogP contribution in [0.2, 0.25) is 5.02 Å². The number of benzene rings is 1. The Morgan fingerprint density at radius 1 is 1.40 bits per heavy atom. The van der Waals surface area contributed by atoms with Crippen LogP contribution in [0.4, 0.5) is 10.1 Å². The molecule has 1 N–H and O–H groups in total. The topological polar surface area (TPSA) is 15.3 Å². The molecule has 0 bridgehead atoms. The first-order chi connectivity index (χ1) is 7.09. The molecule has 2 nitrogen and oxygen atoms in total. The molecule has 0 atom stereocenters. The molecule has 1 aromatic carbocycles. The van der Waals surface area contributed by atoms with Crippen LogP contribution >= 0.6 is 11.6 Å². The van der Waals surface area contributed by atoms with Gasteiger partial charge in [0, 0.05) is 6.54 Å². The van der Waals surface area contributed by atoms with Crippen molar-refractivity contribution in [1.29, 1.82) is 0 Å². The average molecular weight is 231 g/mol. The van der Waals surface area contributed by atoms with Crippen LogP contribution in [-0.2, 0) is 0 Å². The molecule has 0 heterocycles. The van der Waals surface area contributed by atoms with Crippen molar-refractivity contribution in [2.45, 2.75) is 6.42 Å². The van der Waals surface area contributed by atoms with Crippen LogP contribution in [0, 0.1) is 5.82 Å². The maximum atomic E-state index is 12.7. The van der Waals surface area contributed by atoms with Crippen molar-refractivity contribution in [3.8, 4) is 0 Å². The number of halogens is 2. The smallest absolute Gasteiger partial charge is 0.124 e. The third-order valence-electron chi connectivity index (χ3n) is 2.03. The summed E-state index contributed by atoms with van der Waals surface area (Å²) in [6.07, 6.45) is 1.03. The zero-order valence-corrected chi connectivity index (χ0v) is 9.81. The Labute approximate surface area is 95.0 Å². The van der Waals surface area contributed by atoms with Crippen LogP contribution in [-0.4, -0.2) is 32.1 Å². The molecular weight excluding hydrogens is 215 g/mol. The fourth-order valence-electron chi connectivity index (χ4n) is 1.25. The summed E-state index contributed by atoms with van der Waals surface area (Å²) in [5.41, 5.74) is 0.789. The minimum Gasteiger partial charge on any atom is -0.384 e. The monoisotopic (exact) mass is 230 g/mol. The average Bonchev–Trinajstić information content (AvgIpc) is 2.14. The van der Waals surface area contributed by atoms with Gasteiger partial charge in [-0.15, -0.1) is 0 Å². The highest BCUT2D eigenvalue weighted by Gasteiger charge is 2.00. The van der Waals surface area contributed by atoms with E-state index < -0.39 is 0 Å². The number of nitrogens with zero attached hydrogens (tertiary/aromatic N) is 1. The highest BCUT2D eigenvalue weighted by molar-refractivity contribution is 6.33. The van der Waals surface area contributed by atoms with Crippen molar-refractivity contribution in [1.82, 2.24) is 4.90 Å². The van der Waals surface area contributed by atoms with Gasteiger partial charge in [0.05, 0.1) is 10.7 Å². The Bertz CT molecular complexity index is 315. The van der Waals surface area contributed by atoms with E-state index in [0.29, 0.717) is 5.02 Å². The number of anilines is 1. The molecule has 0 aromatic heterocycles. The molecule has 84 valence electrons. The summed E-state index contributed by atoms with van der Waals surface area (Å²) in [5.74, 6) is -0.307. The molecule has 0 aliphatic rings. The molecule has 0 radical (unpaired) electrons. The van der Waals surface area contributed by atoms with E-state index in [1.54, 1.807) is 6.07 Å². The highest BCUT2D eigenvalue weighted by atomic mass is 35.5. The molecule has 0 aliphatic heterocycles. The quantitative estimate of drug-likeness (QED) is 0.783. The van der Waals surface area contributed by atoms with Crippen molar-refractivity contribution < 1.29 is 4.39 Å². The summed E-state index contributed by atoms with van der Waals surface area (Å²) in [6, 6.07) is 4.38. The van der Waals surface area contributed by atoms with Crippen LogP contribution in [0.25, 0.3) is 0 Å². The van der Waals surface area contributed by atoms with Gasteiger partial charge in [-0.1, -0.05) is 11.6 Å². The lowest BCUT2D eigenvalue weighted by Crippen LogP contribution is -2.16. The fraction of sp³-hybridized carbons (Fsp3) is 0.455. The van der Waals surface area contributed by atoms with E-state index in [2.05, 4.69) is 10.2 Å². The van der Waals surface area contributed by atoms with Gasteiger partial charge in [0.15, 0.2) is 0 Å². The van der Waals surface area contributed by atoms with Gasteiger partial charge in [-0.25, -0.2) is 4.39 Å². The maximum absolute atomic E-state index is 12.7. The second-order valence-corrected chi connectivity index (χ2v) is 4.11. The van der Waals surface area contributed by atoms with Gasteiger partial charge in [-0.2, -0.15) is 0 Å². The summed E-state index contributed by atoms with van der Waals surface area (Å²) in [4.78, 5) is 2.12. The first kappa shape index (κ1) is 12.3. The molecular formula is C11H16ClFN2. The third kappa shape index (κ3) is 4.49. The van der Waals surface area contributed by atoms with Gasteiger partial charge in [-0.05, 0) is 45.3 Å². The molecule has 0 unspecified atom stereocenters. The second-order valence-electron chi connectivity index (χ2n) is 3.71. The fourth-order valence-corrected chi connectivity index (χ4v) is 1.49. The van der Waals surface area contributed by atoms with E-state index in [0.717, 1.165) is 25.2 Å². The molecule has 1 aromatic rings. The minimum absolute atomic E-state index is 0.307. The summed E-state index contributed by atoms with van der Waals surface area (Å²) in [6.45, 7) is 1.86. The van der Waals surface area contributed by atoms with Gasteiger partial charge < -0.3 is 10.2 Å². The van der Waals surface area contributed by atoms with Crippen molar-refractivity contribution >= 4 is 17.3 Å². The number of rotatable bonds is 5. The molecule has 4 heteroatoms. The summed E-state index contributed by atoms with van der Waals surface area (Å²) >= 11 is 5.86. The van der Waals surface area contributed by atoms with Crippen LogP contribution < -0.4 is 5.32 Å². The van der Waals surface area contributed by atoms with E-state index >= 15 is 0 Å². The van der Waals surface area contributed by atoms with E-state index in [1.807, 2.05) is 14.1 Å². The maximum Gasteiger partial charge on any atom is 0.124 e. The summed E-state index contributed by atoms with van der Waals surface area (Å²) in [5, 5.41) is 3.60. The molecule has 0 fully saturated rings. The Hall–Kier alpha value is -0.800. The van der Waals surface area contributed by atoms with E-state index in [-0.39, 0.29) is 5.82 Å². The Morgan fingerprint density at radius 2 is 2.13 bits per heavy atom. The SMILES string of the molecule is CN(C)CCCNc1ccc(F)cc1Cl. The number of nitrogens with one attached hydrogen (secondary N) is 1. The number of hydrogen-bond acceptors (Lipinski definition) is 2. The molecule has 15 heavy (non-hydrogen) atoms. The highest BCUT2D eigenvalue weighted by Crippen LogP contribution is 2.22. The van der Waals surface area contributed by atoms with Crippen LogP contribution in [0.15, 0.2) is 18.2 Å². The first-order valence-corrected chi connectivity index (χ1v) is 5.31. The lowest BCUT2D eigenvalue weighted by atomic mass is 10.3. The third-order valence-corrected chi connectivity index (χ3v) is 2.34. The molecule has 1 rings (SSSR count). The minimum atomic E-state index is -0.307. The number of hydrogen-bond donors (Lipinski definition) is 1. The van der Waals surface area contributed by atoms with Crippen molar-refractivity contribution in [3.05, 3.63) is 29.0 Å². The molecule has 0 aliphatic carbocycles. The van der Waals surface area contributed by atoms with Gasteiger partial charge in [0.25, 0.3) is 0 Å². The van der Waals surface area contributed by atoms with Crippen LogP contribution in [0.5, 0.6) is 0 Å². The van der Waals surface area contributed by atoms with Gasteiger partial charge >= 0.3 is 0 Å². The van der Waals surface area contributed by atoms with Crippen LogP contribution in [0.1, 0.15) is 6.42 Å². The summed E-state index contributed by atoms with van der Waals surface area (Å²) < 4.78 is 12.7. The van der Waals surface area contributed by atoms with Gasteiger partial charge in [0.1, 0.15) is 5.82 Å². The normalized spacial score (nSPS) is 10.7. The molecule has 0 saturated carbocycles. The van der Waals surface area contributed by atoms with E-state index in [4.69, 9.17) is 11.6 Å². The van der Waals surface area contributed by atoms with Crippen molar-refractivity contribution in [2.75, 3.05) is 32.5 Å². The Kier molecular flexibility index (Phi) is 4.85. The predicted octanol–water partition coefficient (Wildman–Crippen LogP) is 2.84. The van der Waals surface area contributed by atoms with Gasteiger partial charge in [-0.3, -0.25) is 0 Å². The first-order valence-electron chi connectivity index (χ1n) is 4.93. The lowest BCUT2D eigenvalue weighted by Gasteiger charge is -2.11. The Morgan fingerprint density at radius 3 is 2.73 bits per heavy atom. The lowest BCUT2D eigenvalue weighted by molar-refractivity contribution is 0.405. The van der Waals surface area contributed by atoms with Crippen molar-refractivity contribution in [2.24, 2.45) is 0 Å². The predicted molar refractivity (Wildman–Crippen MR) is 63.1 cm³/mol. The van der Waals surface area contributed by atoms with Crippen molar-refractivity contribution in [3.63, 3.8) is 0 Å². The zero-order chi connectivity index (χ0) is 11.3. The second kappa shape index (κ2) is 5.93. The standard InChI is InChI=1S/C11H16ClFN2/c1-15(2)7-3-6-14-11-5-4-9(13)8-10(11)12/h4-5,8,14H,3,6-7H2,1-2H3. The van der Waals surface area contributed by atoms with E-state index in [9.17, 15) is 4.39 Å². The molecule has 0 amide bonds. The van der Waals surface area contributed by atoms with E-state index in [1.165, 1.54) is 12.1 Å². The largest absolute Gasteiger partial charge is 0.384 e. The van der Waals surface area contributed by atoms with Crippen LogP contribution in [0.3, 0.4) is 0 Å². The summed E-state index contributed by atoms with van der Waals surface area (Å²) in [7, 11) is 4.07. The molecule has 0 spiro atoms. The Balaban J connectivity index is 2.37. The van der Waals surface area contributed by atoms with Gasteiger partial charge in [0.2, 0.25) is 0 Å². The molecule has 0 saturated heterocycles.